The standard InChI is InChI=1S/C25H21ClF3N3O4/c26-18-11-15-3-6-20(18)35-9-1-2-10-36-21-13-16(25(27,28)29)4-5-17(21)22(33)31-19(12-15)23(34)32-24(14-30)7-8-24/h1-6,11,13,19H,7-10,12H2,(H,31,33)(H,32,34)/b2-1-/t19-/m0/s1. The van der Waals surface area contributed by atoms with E-state index in [0.29, 0.717) is 29.2 Å². The normalized spacial score (nSPS) is 20.1. The van der Waals surface area contributed by atoms with Crippen LogP contribution in [0.1, 0.15) is 34.3 Å². The lowest BCUT2D eigenvalue weighted by molar-refractivity contribution is -0.137. The molecule has 0 spiro atoms. The Labute approximate surface area is 209 Å². The summed E-state index contributed by atoms with van der Waals surface area (Å²) in [6.07, 6.45) is -0.528. The van der Waals surface area contributed by atoms with E-state index in [4.69, 9.17) is 21.1 Å². The molecule has 188 valence electrons. The highest BCUT2D eigenvalue weighted by molar-refractivity contribution is 6.32. The first kappa shape index (κ1) is 25.4. The third-order valence-electron chi connectivity index (χ3n) is 5.77. The molecule has 2 aromatic carbocycles. The summed E-state index contributed by atoms with van der Waals surface area (Å²) in [5, 5.41) is 14.9. The van der Waals surface area contributed by atoms with E-state index in [9.17, 15) is 28.0 Å². The number of carbonyl (C=O) groups is 2. The minimum Gasteiger partial charge on any atom is -0.489 e. The van der Waals surface area contributed by atoms with Crippen molar-refractivity contribution >= 4 is 23.4 Å². The van der Waals surface area contributed by atoms with Crippen LogP contribution < -0.4 is 20.1 Å². The molecule has 2 aliphatic heterocycles. The second-order valence-corrected chi connectivity index (χ2v) is 8.89. The number of hydrogen-bond acceptors (Lipinski definition) is 5. The van der Waals surface area contributed by atoms with Gasteiger partial charge in [-0.1, -0.05) is 17.7 Å². The second-order valence-electron chi connectivity index (χ2n) is 8.48. The van der Waals surface area contributed by atoms with Crippen LogP contribution in [0.4, 0.5) is 13.2 Å². The summed E-state index contributed by atoms with van der Waals surface area (Å²) in [6, 6.07) is 8.35. The van der Waals surface area contributed by atoms with Crippen molar-refractivity contribution in [2.45, 2.75) is 37.0 Å². The van der Waals surface area contributed by atoms with Crippen molar-refractivity contribution in [3.05, 3.63) is 70.3 Å². The van der Waals surface area contributed by atoms with E-state index < -0.39 is 35.1 Å². The highest BCUT2D eigenvalue weighted by Crippen LogP contribution is 2.35. The molecule has 1 aliphatic carbocycles. The van der Waals surface area contributed by atoms with Gasteiger partial charge < -0.3 is 20.1 Å². The minimum absolute atomic E-state index is 0.00973. The lowest BCUT2D eigenvalue weighted by Gasteiger charge is -2.22. The van der Waals surface area contributed by atoms with Crippen LogP contribution in [0.5, 0.6) is 11.5 Å². The number of benzene rings is 2. The van der Waals surface area contributed by atoms with Gasteiger partial charge in [-0.15, -0.1) is 0 Å². The van der Waals surface area contributed by atoms with Gasteiger partial charge in [-0.05, 0) is 60.9 Å². The van der Waals surface area contributed by atoms with E-state index in [1.165, 1.54) is 6.08 Å². The average molecular weight is 520 g/mol. The van der Waals surface area contributed by atoms with Gasteiger partial charge in [-0.25, -0.2) is 0 Å². The molecule has 2 aromatic rings. The Hall–Kier alpha value is -3.71. The molecule has 1 saturated carbocycles. The summed E-state index contributed by atoms with van der Waals surface area (Å²) in [7, 11) is 0. The molecule has 2 N–H and O–H groups in total. The highest BCUT2D eigenvalue weighted by Gasteiger charge is 2.45. The number of nitriles is 1. The molecule has 5 rings (SSSR count). The largest absolute Gasteiger partial charge is 0.489 e. The molecule has 1 atom stereocenters. The Morgan fingerprint density at radius 1 is 1.11 bits per heavy atom. The number of ether oxygens (including phenoxy) is 2. The van der Waals surface area contributed by atoms with Crippen LogP contribution in [0.2, 0.25) is 5.02 Å². The van der Waals surface area contributed by atoms with E-state index in [2.05, 4.69) is 16.7 Å². The number of alkyl halides is 3. The van der Waals surface area contributed by atoms with Crippen LogP contribution in [-0.2, 0) is 17.4 Å². The maximum Gasteiger partial charge on any atom is 0.416 e. The summed E-state index contributed by atoms with van der Waals surface area (Å²) in [5.41, 5.74) is -1.54. The van der Waals surface area contributed by atoms with Gasteiger partial charge in [-0.3, -0.25) is 9.59 Å². The zero-order valence-corrected chi connectivity index (χ0v) is 19.6. The summed E-state index contributed by atoms with van der Waals surface area (Å²) >= 11 is 6.31. The third-order valence-corrected chi connectivity index (χ3v) is 6.07. The van der Waals surface area contributed by atoms with Crippen molar-refractivity contribution < 1.29 is 32.2 Å². The number of hydrogen-bond donors (Lipinski definition) is 2. The molecule has 2 amide bonds. The Morgan fingerprint density at radius 2 is 1.81 bits per heavy atom. The van der Waals surface area contributed by atoms with Crippen LogP contribution in [0.3, 0.4) is 0 Å². The number of halogens is 4. The molecular weight excluding hydrogens is 499 g/mol. The molecule has 1 fully saturated rings. The number of carbonyl (C=O) groups excluding carboxylic acids is 2. The molecule has 2 heterocycles. The molecule has 11 heteroatoms. The predicted molar refractivity (Wildman–Crippen MR) is 124 cm³/mol. The van der Waals surface area contributed by atoms with Gasteiger partial charge in [0.05, 0.1) is 22.2 Å². The van der Waals surface area contributed by atoms with Gasteiger partial charge in [0.15, 0.2) is 0 Å². The fourth-order valence-corrected chi connectivity index (χ4v) is 3.86. The smallest absolute Gasteiger partial charge is 0.416 e. The van der Waals surface area contributed by atoms with Gasteiger partial charge >= 0.3 is 6.18 Å². The molecule has 3 aliphatic rings. The number of rotatable bonds is 2. The van der Waals surface area contributed by atoms with Crippen LogP contribution in [0.25, 0.3) is 0 Å². The maximum absolute atomic E-state index is 13.3. The van der Waals surface area contributed by atoms with Crippen LogP contribution in [-0.4, -0.2) is 36.6 Å². The van der Waals surface area contributed by atoms with E-state index in [1.54, 1.807) is 24.3 Å². The van der Waals surface area contributed by atoms with E-state index in [-0.39, 0.29) is 30.9 Å². The second kappa shape index (κ2) is 10.1. The Balaban J connectivity index is 1.69. The number of nitrogens with zero attached hydrogens (tertiary/aromatic N) is 1. The van der Waals surface area contributed by atoms with Crippen molar-refractivity contribution in [2.24, 2.45) is 0 Å². The van der Waals surface area contributed by atoms with Crippen LogP contribution in [0.15, 0.2) is 48.6 Å². The Bertz CT molecular complexity index is 1250. The molecule has 7 nitrogen and oxygen atoms in total. The van der Waals surface area contributed by atoms with Crippen molar-refractivity contribution in [2.75, 3.05) is 13.2 Å². The first-order chi connectivity index (χ1) is 17.1. The Kier molecular flexibility index (Phi) is 7.13. The fraction of sp³-hybridized carbons (Fsp3) is 0.320. The summed E-state index contributed by atoms with van der Waals surface area (Å²) in [5.74, 6) is -1.30. The Morgan fingerprint density at radius 3 is 2.42 bits per heavy atom. The van der Waals surface area contributed by atoms with Gasteiger partial charge in [0.25, 0.3) is 5.91 Å². The number of nitrogens with one attached hydrogen (secondary N) is 2. The number of amides is 2. The van der Waals surface area contributed by atoms with Gasteiger partial charge in [-0.2, -0.15) is 18.4 Å². The zero-order chi connectivity index (χ0) is 25.9. The molecule has 0 radical (unpaired) electrons. The van der Waals surface area contributed by atoms with E-state index in [0.717, 1.165) is 18.2 Å². The first-order valence-corrected chi connectivity index (χ1v) is 11.4. The average Bonchev–Trinajstić information content (AvgIpc) is 3.60. The van der Waals surface area contributed by atoms with E-state index in [1.807, 2.05) is 0 Å². The molecular formula is C25H21ClF3N3O4. The predicted octanol–water partition coefficient (Wildman–Crippen LogP) is 4.20. The first-order valence-electron chi connectivity index (χ1n) is 11.0. The fourth-order valence-electron chi connectivity index (χ4n) is 3.60. The van der Waals surface area contributed by atoms with Crippen molar-refractivity contribution in [1.29, 1.82) is 5.26 Å². The van der Waals surface area contributed by atoms with Crippen molar-refractivity contribution in [3.8, 4) is 17.6 Å². The lowest BCUT2D eigenvalue weighted by atomic mass is 10.0. The molecule has 36 heavy (non-hydrogen) atoms. The highest BCUT2D eigenvalue weighted by atomic mass is 35.5. The van der Waals surface area contributed by atoms with Gasteiger partial charge in [0, 0.05) is 6.42 Å². The summed E-state index contributed by atoms with van der Waals surface area (Å²) in [6.45, 7) is -0.00808. The summed E-state index contributed by atoms with van der Waals surface area (Å²) in [4.78, 5) is 26.2. The van der Waals surface area contributed by atoms with Crippen molar-refractivity contribution in [1.82, 2.24) is 10.6 Å². The van der Waals surface area contributed by atoms with Crippen molar-refractivity contribution in [3.63, 3.8) is 0 Å². The molecule has 0 aromatic heterocycles. The molecule has 0 saturated heterocycles. The topological polar surface area (TPSA) is 100 Å². The quantitative estimate of drug-likeness (QED) is 0.579. The third kappa shape index (κ3) is 5.91. The van der Waals surface area contributed by atoms with Gasteiger partial charge in [0.1, 0.15) is 36.3 Å². The monoisotopic (exact) mass is 519 g/mol. The molecule has 0 unspecified atom stereocenters. The molecule has 2 bridgehead atoms. The minimum atomic E-state index is -4.64. The van der Waals surface area contributed by atoms with Gasteiger partial charge in [0.2, 0.25) is 5.91 Å². The maximum atomic E-state index is 13.3. The summed E-state index contributed by atoms with van der Waals surface area (Å²) < 4.78 is 50.9. The van der Waals surface area contributed by atoms with Crippen LogP contribution >= 0.6 is 11.6 Å². The van der Waals surface area contributed by atoms with E-state index >= 15 is 0 Å². The lowest BCUT2D eigenvalue weighted by Crippen LogP contribution is -2.51. The van der Waals surface area contributed by atoms with Crippen LogP contribution in [0, 0.1) is 11.3 Å². The number of fused-ring (bicyclic) bond motifs is 9. The SMILES string of the molecule is N#CC1(NC(=O)[C@@H]2Cc3ccc(c(Cl)c3)OC/C=C\COc3cc(C(F)(F)F)ccc3C(=O)N2)CC1. The zero-order valence-electron chi connectivity index (χ0n) is 18.8.